The predicted octanol–water partition coefficient (Wildman–Crippen LogP) is 0.413. The van der Waals surface area contributed by atoms with E-state index < -0.39 is 6.10 Å². The number of methoxy groups -OCH3 is 1. The number of rotatable bonds is 7. The van der Waals surface area contributed by atoms with Crippen molar-refractivity contribution in [3.05, 3.63) is 24.0 Å². The highest BCUT2D eigenvalue weighted by Gasteiger charge is 2.13. The lowest BCUT2D eigenvalue weighted by molar-refractivity contribution is -0.143. The summed E-state index contributed by atoms with van der Waals surface area (Å²) in [7, 11) is 3.24. The van der Waals surface area contributed by atoms with Crippen molar-refractivity contribution in [3.8, 4) is 0 Å². The zero-order valence-electron chi connectivity index (χ0n) is 10.3. The number of H-pyrrole nitrogens is 1. The summed E-state index contributed by atoms with van der Waals surface area (Å²) in [6.45, 7) is 1.30. The summed E-state index contributed by atoms with van der Waals surface area (Å²) in [6, 6.07) is 3.99. The van der Waals surface area contributed by atoms with Crippen LogP contribution in [-0.4, -0.2) is 54.3 Å². The van der Waals surface area contributed by atoms with Gasteiger partial charge >= 0.3 is 5.97 Å². The van der Waals surface area contributed by atoms with Crippen molar-refractivity contribution >= 4 is 5.97 Å². The Morgan fingerprint density at radius 2 is 2.41 bits per heavy atom. The van der Waals surface area contributed by atoms with Gasteiger partial charge in [-0.15, -0.1) is 0 Å². The molecule has 0 saturated carbocycles. The summed E-state index contributed by atoms with van der Waals surface area (Å²) >= 11 is 0. The number of aliphatic hydroxyl groups is 1. The van der Waals surface area contributed by atoms with Crippen molar-refractivity contribution in [1.29, 1.82) is 0 Å². The fourth-order valence-corrected chi connectivity index (χ4v) is 1.63. The number of carbonyl (C=O) groups is 1. The van der Waals surface area contributed by atoms with Gasteiger partial charge in [-0.1, -0.05) is 0 Å². The molecule has 0 fully saturated rings. The van der Waals surface area contributed by atoms with Gasteiger partial charge in [-0.2, -0.15) is 0 Å². The molecule has 0 aliphatic carbocycles. The maximum atomic E-state index is 10.9. The summed E-state index contributed by atoms with van der Waals surface area (Å²) in [5.74, 6) is -0.379. The summed E-state index contributed by atoms with van der Waals surface area (Å²) in [6.07, 6.45) is 2.16. The second kappa shape index (κ2) is 7.09. The van der Waals surface area contributed by atoms with Crippen LogP contribution >= 0.6 is 0 Å². The van der Waals surface area contributed by atoms with E-state index in [1.807, 2.05) is 30.3 Å². The number of likely N-dealkylation sites (N-methyl/N-ethyl adjacent to an activating group) is 1. The Kier molecular flexibility index (Phi) is 5.72. The van der Waals surface area contributed by atoms with Crippen LogP contribution in [0.4, 0.5) is 0 Å². The molecule has 1 rings (SSSR count). The van der Waals surface area contributed by atoms with E-state index in [1.54, 1.807) is 0 Å². The third kappa shape index (κ3) is 5.51. The van der Waals surface area contributed by atoms with Crippen LogP contribution in [-0.2, 0) is 16.0 Å². The van der Waals surface area contributed by atoms with Gasteiger partial charge in [-0.25, -0.2) is 0 Å². The topological polar surface area (TPSA) is 65.6 Å². The average molecular weight is 240 g/mol. The number of carbonyl (C=O) groups excluding carboxylic acids is 1. The zero-order valence-corrected chi connectivity index (χ0v) is 10.3. The van der Waals surface area contributed by atoms with E-state index in [1.165, 1.54) is 12.8 Å². The fraction of sp³-hybridized carbons (Fsp3) is 0.583. The molecule has 1 atom stereocenters. The van der Waals surface area contributed by atoms with E-state index in [0.29, 0.717) is 6.54 Å². The van der Waals surface area contributed by atoms with E-state index in [2.05, 4.69) is 9.72 Å². The molecule has 1 aromatic rings. The third-order valence-electron chi connectivity index (χ3n) is 2.58. The Morgan fingerprint density at radius 1 is 1.65 bits per heavy atom. The van der Waals surface area contributed by atoms with Gasteiger partial charge in [0, 0.05) is 31.4 Å². The van der Waals surface area contributed by atoms with E-state index >= 15 is 0 Å². The normalized spacial score (nSPS) is 12.7. The lowest BCUT2D eigenvalue weighted by Crippen LogP contribution is -2.32. The fourth-order valence-electron chi connectivity index (χ4n) is 1.63. The molecule has 1 aromatic heterocycles. The number of aliphatic hydroxyl groups excluding tert-OH is 1. The Morgan fingerprint density at radius 3 is 3.00 bits per heavy atom. The smallest absolute Gasteiger partial charge is 0.308 e. The summed E-state index contributed by atoms with van der Waals surface area (Å²) < 4.78 is 4.50. The maximum Gasteiger partial charge on any atom is 0.308 e. The van der Waals surface area contributed by atoms with E-state index in [-0.39, 0.29) is 12.4 Å². The van der Waals surface area contributed by atoms with Gasteiger partial charge in [0.1, 0.15) is 0 Å². The van der Waals surface area contributed by atoms with Gasteiger partial charge in [-0.05, 0) is 19.2 Å². The molecule has 0 radical (unpaired) electrons. The lowest BCUT2D eigenvalue weighted by Gasteiger charge is -2.19. The first-order chi connectivity index (χ1) is 8.11. The summed E-state index contributed by atoms with van der Waals surface area (Å²) in [5, 5.41) is 9.63. The van der Waals surface area contributed by atoms with Crippen molar-refractivity contribution in [3.63, 3.8) is 0 Å². The molecule has 0 aromatic carbocycles. The van der Waals surface area contributed by atoms with Gasteiger partial charge in [0.05, 0.1) is 19.6 Å². The molecule has 96 valence electrons. The Balaban J connectivity index is 2.19. The molecule has 17 heavy (non-hydrogen) atoms. The highest BCUT2D eigenvalue weighted by Crippen LogP contribution is 2.00. The quantitative estimate of drug-likeness (QED) is 0.678. The largest absolute Gasteiger partial charge is 0.469 e. The van der Waals surface area contributed by atoms with Crippen LogP contribution in [0, 0.1) is 0 Å². The van der Waals surface area contributed by atoms with Gasteiger partial charge in [0.25, 0.3) is 0 Å². The van der Waals surface area contributed by atoms with Gasteiger partial charge in [0.15, 0.2) is 0 Å². The molecular formula is C12H20N2O3. The van der Waals surface area contributed by atoms with Gasteiger partial charge < -0.3 is 19.7 Å². The number of aromatic nitrogens is 1. The monoisotopic (exact) mass is 240 g/mol. The molecule has 0 bridgehead atoms. The number of hydrogen-bond donors (Lipinski definition) is 2. The van der Waals surface area contributed by atoms with E-state index in [9.17, 15) is 9.90 Å². The molecule has 0 spiro atoms. The first-order valence-corrected chi connectivity index (χ1v) is 5.67. The molecule has 0 amide bonds. The SMILES string of the molecule is COC(=O)CC(O)CN(C)CCc1ccc[nH]1. The lowest BCUT2D eigenvalue weighted by atomic mass is 10.2. The van der Waals surface area contributed by atoms with Gasteiger partial charge in [-0.3, -0.25) is 4.79 Å². The van der Waals surface area contributed by atoms with E-state index in [0.717, 1.165) is 13.0 Å². The molecule has 0 saturated heterocycles. The first kappa shape index (κ1) is 13.7. The zero-order chi connectivity index (χ0) is 12.7. The molecule has 0 aliphatic rings. The molecule has 0 aliphatic heterocycles. The number of aromatic amines is 1. The van der Waals surface area contributed by atoms with Crippen LogP contribution in [0.1, 0.15) is 12.1 Å². The molecule has 5 nitrogen and oxygen atoms in total. The minimum Gasteiger partial charge on any atom is -0.469 e. The summed E-state index contributed by atoms with van der Waals surface area (Å²) in [5.41, 5.74) is 1.17. The Labute approximate surface area is 101 Å². The Bertz CT molecular complexity index is 325. The minimum absolute atomic E-state index is 0.0450. The first-order valence-electron chi connectivity index (χ1n) is 5.67. The molecular weight excluding hydrogens is 220 g/mol. The van der Waals surface area contributed by atoms with Crippen molar-refractivity contribution in [1.82, 2.24) is 9.88 Å². The van der Waals surface area contributed by atoms with Crippen molar-refractivity contribution < 1.29 is 14.6 Å². The molecule has 1 unspecified atom stereocenters. The minimum atomic E-state index is -0.670. The number of ether oxygens (including phenoxy) is 1. The molecule has 5 heteroatoms. The van der Waals surface area contributed by atoms with Gasteiger partial charge in [0.2, 0.25) is 0 Å². The van der Waals surface area contributed by atoms with Crippen LogP contribution < -0.4 is 0 Å². The Hall–Kier alpha value is -1.33. The van der Waals surface area contributed by atoms with E-state index in [4.69, 9.17) is 0 Å². The van der Waals surface area contributed by atoms with Crippen molar-refractivity contribution in [2.24, 2.45) is 0 Å². The molecule has 1 heterocycles. The van der Waals surface area contributed by atoms with Crippen LogP contribution in [0.15, 0.2) is 18.3 Å². The second-order valence-electron chi connectivity index (χ2n) is 4.14. The van der Waals surface area contributed by atoms with Crippen LogP contribution in [0.5, 0.6) is 0 Å². The third-order valence-corrected chi connectivity index (χ3v) is 2.58. The van der Waals surface area contributed by atoms with Crippen LogP contribution in [0.25, 0.3) is 0 Å². The number of nitrogens with one attached hydrogen (secondary N) is 1. The highest BCUT2D eigenvalue weighted by atomic mass is 16.5. The number of hydrogen-bond acceptors (Lipinski definition) is 4. The van der Waals surface area contributed by atoms with Crippen molar-refractivity contribution in [2.45, 2.75) is 18.9 Å². The predicted molar refractivity (Wildman–Crippen MR) is 64.6 cm³/mol. The second-order valence-corrected chi connectivity index (χ2v) is 4.14. The summed E-state index contributed by atoms with van der Waals surface area (Å²) in [4.78, 5) is 16.1. The maximum absolute atomic E-state index is 10.9. The highest BCUT2D eigenvalue weighted by molar-refractivity contribution is 5.69. The van der Waals surface area contributed by atoms with Crippen molar-refractivity contribution in [2.75, 3.05) is 27.2 Å². The average Bonchev–Trinajstić information content (AvgIpc) is 2.78. The number of esters is 1. The molecule has 2 N–H and O–H groups in total. The van der Waals surface area contributed by atoms with Crippen LogP contribution in [0.3, 0.4) is 0 Å². The standard InChI is InChI=1S/C12H20N2O3/c1-14(7-5-10-4-3-6-13-10)9-11(15)8-12(16)17-2/h3-4,6,11,13,15H,5,7-9H2,1-2H3. The number of nitrogens with zero attached hydrogens (tertiary/aromatic N) is 1. The van der Waals surface area contributed by atoms with Crippen LogP contribution in [0.2, 0.25) is 0 Å².